The van der Waals surface area contributed by atoms with E-state index < -0.39 is 0 Å². The lowest BCUT2D eigenvalue weighted by atomic mass is 10.2. The van der Waals surface area contributed by atoms with Crippen LogP contribution in [0.2, 0.25) is 5.15 Å². The lowest BCUT2D eigenvalue weighted by Crippen LogP contribution is -2.50. The lowest BCUT2D eigenvalue weighted by Gasteiger charge is -2.34. The highest BCUT2D eigenvalue weighted by Crippen LogP contribution is 2.16. The molecular weight excluding hydrogens is 318 g/mol. The van der Waals surface area contributed by atoms with Gasteiger partial charge in [0.05, 0.1) is 18.4 Å². The minimum atomic E-state index is -0.125. The Balaban J connectivity index is 1.55. The first kappa shape index (κ1) is 15.7. The van der Waals surface area contributed by atoms with Crippen molar-refractivity contribution in [3.05, 3.63) is 53.2 Å². The molecule has 0 spiro atoms. The van der Waals surface area contributed by atoms with E-state index in [9.17, 15) is 9.59 Å². The van der Waals surface area contributed by atoms with Crippen LogP contribution < -0.4 is 0 Å². The van der Waals surface area contributed by atoms with Crippen LogP contribution in [-0.4, -0.2) is 59.2 Å². The van der Waals surface area contributed by atoms with Crippen LogP contribution in [0, 0.1) is 0 Å². The molecule has 3 heterocycles. The number of hydrogen-bond donors (Lipinski definition) is 0. The maximum absolute atomic E-state index is 12.4. The standard InChI is InChI=1S/C16H16ClN3O3/c17-15-12(3-1-5-18-15)16(22)20-8-6-19(7-9-20)11-13(21)14-4-2-10-23-14/h1-5,10H,6-9,11H2. The van der Waals surface area contributed by atoms with Crippen molar-refractivity contribution < 1.29 is 14.0 Å². The van der Waals surface area contributed by atoms with Crippen LogP contribution >= 0.6 is 11.6 Å². The molecule has 3 rings (SSSR count). The Morgan fingerprint density at radius 1 is 1.17 bits per heavy atom. The Morgan fingerprint density at radius 2 is 1.96 bits per heavy atom. The normalized spacial score (nSPS) is 15.6. The number of piperazine rings is 1. The largest absolute Gasteiger partial charge is 0.461 e. The van der Waals surface area contributed by atoms with E-state index in [0.717, 1.165) is 0 Å². The number of aromatic nitrogens is 1. The summed E-state index contributed by atoms with van der Waals surface area (Å²) in [6, 6.07) is 6.72. The smallest absolute Gasteiger partial charge is 0.257 e. The third kappa shape index (κ3) is 3.60. The summed E-state index contributed by atoms with van der Waals surface area (Å²) in [6.07, 6.45) is 3.04. The summed E-state index contributed by atoms with van der Waals surface area (Å²) in [5.74, 6) is 0.191. The minimum absolute atomic E-state index is 0.0509. The summed E-state index contributed by atoms with van der Waals surface area (Å²) < 4.78 is 5.10. The molecule has 1 amide bonds. The molecule has 0 aromatic carbocycles. The van der Waals surface area contributed by atoms with E-state index in [2.05, 4.69) is 4.98 Å². The van der Waals surface area contributed by atoms with Crippen molar-refractivity contribution in [2.75, 3.05) is 32.7 Å². The predicted molar refractivity (Wildman–Crippen MR) is 84.6 cm³/mol. The molecule has 6 nitrogen and oxygen atoms in total. The number of nitrogens with zero attached hydrogens (tertiary/aromatic N) is 3. The number of amides is 1. The van der Waals surface area contributed by atoms with Crippen LogP contribution in [0.3, 0.4) is 0 Å². The number of rotatable bonds is 4. The molecule has 2 aromatic rings. The van der Waals surface area contributed by atoms with Crippen LogP contribution in [-0.2, 0) is 0 Å². The number of carbonyl (C=O) groups excluding carboxylic acids is 2. The SMILES string of the molecule is O=C(CN1CCN(C(=O)c2cccnc2Cl)CC1)c1ccco1. The molecule has 0 unspecified atom stereocenters. The molecule has 0 N–H and O–H groups in total. The van der Waals surface area contributed by atoms with Gasteiger partial charge >= 0.3 is 0 Å². The average Bonchev–Trinajstić information content (AvgIpc) is 3.10. The van der Waals surface area contributed by atoms with Gasteiger partial charge in [0.25, 0.3) is 5.91 Å². The zero-order valence-electron chi connectivity index (χ0n) is 12.4. The van der Waals surface area contributed by atoms with Crippen molar-refractivity contribution in [3.8, 4) is 0 Å². The molecule has 0 atom stereocenters. The number of pyridine rings is 1. The van der Waals surface area contributed by atoms with Gasteiger partial charge in [0.1, 0.15) is 5.15 Å². The van der Waals surface area contributed by atoms with Crippen molar-refractivity contribution in [3.63, 3.8) is 0 Å². The Morgan fingerprint density at radius 3 is 2.61 bits per heavy atom. The lowest BCUT2D eigenvalue weighted by molar-refractivity contribution is 0.0620. The fourth-order valence-corrected chi connectivity index (χ4v) is 2.74. The van der Waals surface area contributed by atoms with Crippen molar-refractivity contribution in [1.82, 2.24) is 14.8 Å². The summed E-state index contributed by atoms with van der Waals surface area (Å²) >= 11 is 5.97. The molecule has 0 aliphatic carbocycles. The molecule has 1 saturated heterocycles. The molecule has 0 radical (unpaired) electrons. The highest BCUT2D eigenvalue weighted by atomic mass is 35.5. The number of furan rings is 1. The van der Waals surface area contributed by atoms with Crippen LogP contribution in [0.4, 0.5) is 0 Å². The van der Waals surface area contributed by atoms with Crippen molar-refractivity contribution in [2.24, 2.45) is 0 Å². The van der Waals surface area contributed by atoms with Gasteiger partial charge in [0.15, 0.2) is 5.76 Å². The Hall–Kier alpha value is -2.18. The van der Waals surface area contributed by atoms with Gasteiger partial charge in [-0.2, -0.15) is 0 Å². The summed E-state index contributed by atoms with van der Waals surface area (Å²) in [5, 5.41) is 0.216. The first-order valence-corrected chi connectivity index (χ1v) is 7.72. The Kier molecular flexibility index (Phi) is 4.73. The number of Topliss-reactive ketones (excluding diaryl/α,β-unsaturated/α-hetero) is 1. The van der Waals surface area contributed by atoms with Crippen molar-refractivity contribution in [1.29, 1.82) is 0 Å². The third-order valence-electron chi connectivity index (χ3n) is 3.81. The van der Waals surface area contributed by atoms with Gasteiger partial charge in [0, 0.05) is 32.4 Å². The summed E-state index contributed by atoms with van der Waals surface area (Å²) in [6.45, 7) is 2.67. The second-order valence-electron chi connectivity index (χ2n) is 5.31. The second-order valence-corrected chi connectivity index (χ2v) is 5.67. The summed E-state index contributed by atoms with van der Waals surface area (Å²) in [4.78, 5) is 32.1. The molecule has 120 valence electrons. The van der Waals surface area contributed by atoms with Gasteiger partial charge < -0.3 is 9.32 Å². The molecule has 7 heteroatoms. The van der Waals surface area contributed by atoms with Gasteiger partial charge in [-0.25, -0.2) is 4.98 Å². The molecular formula is C16H16ClN3O3. The zero-order chi connectivity index (χ0) is 16.2. The molecule has 1 fully saturated rings. The fraction of sp³-hybridized carbons (Fsp3) is 0.312. The van der Waals surface area contributed by atoms with E-state index in [1.807, 2.05) is 4.90 Å². The molecule has 0 saturated carbocycles. The summed E-state index contributed by atoms with van der Waals surface area (Å²) in [7, 11) is 0. The Bertz CT molecular complexity index is 694. The van der Waals surface area contributed by atoms with Gasteiger partial charge in [-0.15, -0.1) is 0 Å². The van der Waals surface area contributed by atoms with Gasteiger partial charge in [-0.3, -0.25) is 14.5 Å². The molecule has 1 aliphatic heterocycles. The fourth-order valence-electron chi connectivity index (χ4n) is 2.54. The van der Waals surface area contributed by atoms with E-state index in [1.165, 1.54) is 6.26 Å². The molecule has 23 heavy (non-hydrogen) atoms. The Labute approximate surface area is 138 Å². The molecule has 1 aliphatic rings. The average molecular weight is 334 g/mol. The van der Waals surface area contributed by atoms with Crippen LogP contribution in [0.1, 0.15) is 20.9 Å². The quantitative estimate of drug-likeness (QED) is 0.632. The molecule has 2 aromatic heterocycles. The van der Waals surface area contributed by atoms with Gasteiger partial charge in [-0.1, -0.05) is 11.6 Å². The van der Waals surface area contributed by atoms with Crippen LogP contribution in [0.5, 0.6) is 0 Å². The number of halogens is 1. The van der Waals surface area contributed by atoms with E-state index in [4.69, 9.17) is 16.0 Å². The second kappa shape index (κ2) is 6.93. The predicted octanol–water partition coefficient (Wildman–Crippen LogP) is 1.97. The van der Waals surface area contributed by atoms with E-state index >= 15 is 0 Å². The number of carbonyl (C=O) groups is 2. The third-order valence-corrected chi connectivity index (χ3v) is 4.11. The van der Waals surface area contributed by atoms with Crippen molar-refractivity contribution >= 4 is 23.3 Å². The topological polar surface area (TPSA) is 66.7 Å². The van der Waals surface area contributed by atoms with Crippen molar-refractivity contribution in [2.45, 2.75) is 0 Å². The highest BCUT2D eigenvalue weighted by molar-refractivity contribution is 6.32. The van der Waals surface area contributed by atoms with E-state index in [-0.39, 0.29) is 16.8 Å². The van der Waals surface area contributed by atoms with Gasteiger partial charge in [0.2, 0.25) is 5.78 Å². The maximum Gasteiger partial charge on any atom is 0.257 e. The van der Waals surface area contributed by atoms with Gasteiger partial charge in [-0.05, 0) is 24.3 Å². The minimum Gasteiger partial charge on any atom is -0.461 e. The van der Waals surface area contributed by atoms with E-state index in [0.29, 0.717) is 44.0 Å². The maximum atomic E-state index is 12.4. The van der Waals surface area contributed by atoms with E-state index in [1.54, 1.807) is 35.4 Å². The number of hydrogen-bond acceptors (Lipinski definition) is 5. The van der Waals surface area contributed by atoms with Crippen LogP contribution in [0.15, 0.2) is 41.1 Å². The zero-order valence-corrected chi connectivity index (χ0v) is 13.2. The monoisotopic (exact) mass is 333 g/mol. The molecule has 0 bridgehead atoms. The first-order chi connectivity index (χ1) is 11.1. The first-order valence-electron chi connectivity index (χ1n) is 7.34. The number of ketones is 1. The highest BCUT2D eigenvalue weighted by Gasteiger charge is 2.25. The van der Waals surface area contributed by atoms with Crippen LogP contribution in [0.25, 0.3) is 0 Å². The summed E-state index contributed by atoms with van der Waals surface area (Å²) in [5.41, 5.74) is 0.411.